The Kier molecular flexibility index (Phi) is 4.99. The third kappa shape index (κ3) is 3.64. The van der Waals surface area contributed by atoms with Gasteiger partial charge in [0.1, 0.15) is 0 Å². The van der Waals surface area contributed by atoms with Gasteiger partial charge in [0.15, 0.2) is 0 Å². The Hall–Kier alpha value is 0.01000. The second-order valence-electron chi connectivity index (χ2n) is 2.83. The lowest BCUT2D eigenvalue weighted by Crippen LogP contribution is -2.30. The molecule has 1 atom stereocenters. The van der Waals surface area contributed by atoms with E-state index in [4.69, 9.17) is 40.5 Å². The van der Waals surface area contributed by atoms with Crippen LogP contribution in [0.15, 0.2) is 18.2 Å². The van der Waals surface area contributed by atoms with E-state index in [9.17, 15) is 0 Å². The fraction of sp³-hybridized carbons (Fsp3) is 0.333. The largest absolute Gasteiger partial charge is 0.328 e. The molecule has 3 N–H and O–H groups in total. The normalized spacial score (nSPS) is 12.9. The van der Waals surface area contributed by atoms with Gasteiger partial charge in [-0.05, 0) is 17.7 Å². The van der Waals surface area contributed by atoms with Crippen molar-refractivity contribution in [3.63, 3.8) is 0 Å². The lowest BCUT2D eigenvalue weighted by Gasteiger charge is -2.09. The van der Waals surface area contributed by atoms with Crippen molar-refractivity contribution >= 4 is 34.8 Å². The molecule has 5 heteroatoms. The highest BCUT2D eigenvalue weighted by Gasteiger charge is 2.02. The van der Waals surface area contributed by atoms with Gasteiger partial charge in [0.2, 0.25) is 0 Å². The number of alkyl halides is 1. The van der Waals surface area contributed by atoms with E-state index in [1.807, 2.05) is 6.07 Å². The first-order valence-electron chi connectivity index (χ1n) is 4.15. The predicted molar refractivity (Wildman–Crippen MR) is 62.0 cm³/mol. The molecule has 78 valence electrons. The Labute approximate surface area is 98.3 Å². The average molecular weight is 254 g/mol. The molecule has 1 aromatic rings. The van der Waals surface area contributed by atoms with E-state index in [-0.39, 0.29) is 5.50 Å². The van der Waals surface area contributed by atoms with Gasteiger partial charge in [-0.1, -0.05) is 29.3 Å². The number of hydrogen-bond donors (Lipinski definition) is 2. The van der Waals surface area contributed by atoms with Crippen molar-refractivity contribution in [2.24, 2.45) is 5.73 Å². The standard InChI is InChI=1S/C9H11Cl3N2/c10-7-2-1-6(3-8(7)11)5-14-9(12)4-13/h1-3,9,14H,4-5,13H2. The first kappa shape index (κ1) is 12.1. The van der Waals surface area contributed by atoms with Crippen LogP contribution >= 0.6 is 34.8 Å². The summed E-state index contributed by atoms with van der Waals surface area (Å²) in [6, 6.07) is 5.45. The number of rotatable bonds is 4. The van der Waals surface area contributed by atoms with E-state index in [2.05, 4.69) is 5.32 Å². The van der Waals surface area contributed by atoms with Crippen LogP contribution in [0.25, 0.3) is 0 Å². The molecule has 0 fully saturated rings. The maximum Gasteiger partial charge on any atom is 0.0952 e. The minimum atomic E-state index is -0.218. The van der Waals surface area contributed by atoms with Crippen LogP contribution in [0.5, 0.6) is 0 Å². The van der Waals surface area contributed by atoms with E-state index >= 15 is 0 Å². The maximum atomic E-state index is 5.85. The Morgan fingerprint density at radius 3 is 2.57 bits per heavy atom. The van der Waals surface area contributed by atoms with Gasteiger partial charge in [-0.2, -0.15) is 0 Å². The van der Waals surface area contributed by atoms with Crippen molar-refractivity contribution < 1.29 is 0 Å². The van der Waals surface area contributed by atoms with Gasteiger partial charge in [-0.25, -0.2) is 0 Å². The molecular formula is C9H11Cl3N2. The SMILES string of the molecule is NCC(Cl)NCc1ccc(Cl)c(Cl)c1. The van der Waals surface area contributed by atoms with Gasteiger partial charge < -0.3 is 5.73 Å². The van der Waals surface area contributed by atoms with Crippen LogP contribution in [0, 0.1) is 0 Å². The monoisotopic (exact) mass is 252 g/mol. The predicted octanol–water partition coefficient (Wildman–Crippen LogP) is 2.61. The summed E-state index contributed by atoms with van der Waals surface area (Å²) >= 11 is 17.4. The van der Waals surface area contributed by atoms with Gasteiger partial charge >= 0.3 is 0 Å². The molecule has 2 nitrogen and oxygen atoms in total. The molecule has 0 bridgehead atoms. The lowest BCUT2D eigenvalue weighted by atomic mass is 10.2. The summed E-state index contributed by atoms with van der Waals surface area (Å²) in [6.07, 6.45) is 0. The Morgan fingerprint density at radius 1 is 1.29 bits per heavy atom. The highest BCUT2D eigenvalue weighted by molar-refractivity contribution is 6.42. The van der Waals surface area contributed by atoms with E-state index in [0.29, 0.717) is 23.1 Å². The first-order valence-corrected chi connectivity index (χ1v) is 5.34. The van der Waals surface area contributed by atoms with E-state index < -0.39 is 0 Å². The number of nitrogens with two attached hydrogens (primary N) is 1. The van der Waals surface area contributed by atoms with Crippen molar-refractivity contribution in [1.29, 1.82) is 0 Å². The van der Waals surface area contributed by atoms with Gasteiger partial charge in [0.05, 0.1) is 15.5 Å². The second kappa shape index (κ2) is 5.79. The Bertz CT molecular complexity index is 304. The molecule has 0 radical (unpaired) electrons. The van der Waals surface area contributed by atoms with Crippen LogP contribution in [0.2, 0.25) is 10.0 Å². The van der Waals surface area contributed by atoms with Crippen molar-refractivity contribution in [3.8, 4) is 0 Å². The summed E-state index contributed by atoms with van der Waals surface area (Å²) in [5.41, 5.74) is 6.16. The maximum absolute atomic E-state index is 5.85. The van der Waals surface area contributed by atoms with E-state index in [1.54, 1.807) is 12.1 Å². The molecule has 14 heavy (non-hydrogen) atoms. The summed E-state index contributed by atoms with van der Waals surface area (Å²) in [4.78, 5) is 0. The minimum absolute atomic E-state index is 0.218. The fourth-order valence-corrected chi connectivity index (χ4v) is 1.36. The average Bonchev–Trinajstić information content (AvgIpc) is 2.19. The molecule has 1 unspecified atom stereocenters. The summed E-state index contributed by atoms with van der Waals surface area (Å²) in [5, 5.41) is 4.13. The third-order valence-electron chi connectivity index (χ3n) is 1.72. The summed E-state index contributed by atoms with van der Waals surface area (Å²) in [7, 11) is 0. The molecule has 0 spiro atoms. The molecular weight excluding hydrogens is 242 g/mol. The minimum Gasteiger partial charge on any atom is -0.328 e. The van der Waals surface area contributed by atoms with E-state index in [0.717, 1.165) is 5.56 Å². The zero-order valence-electron chi connectivity index (χ0n) is 7.43. The zero-order chi connectivity index (χ0) is 10.6. The van der Waals surface area contributed by atoms with Crippen LogP contribution in [-0.4, -0.2) is 12.0 Å². The van der Waals surface area contributed by atoms with Gasteiger partial charge in [0, 0.05) is 13.1 Å². The van der Waals surface area contributed by atoms with Crippen molar-refractivity contribution in [3.05, 3.63) is 33.8 Å². The molecule has 0 aliphatic carbocycles. The summed E-state index contributed by atoms with van der Waals surface area (Å²) in [6.45, 7) is 1.02. The molecule has 0 amide bonds. The van der Waals surface area contributed by atoms with Crippen LogP contribution in [-0.2, 0) is 6.54 Å². The molecule has 0 heterocycles. The number of benzene rings is 1. The van der Waals surface area contributed by atoms with Crippen LogP contribution in [0.1, 0.15) is 5.56 Å². The molecule has 0 aliphatic heterocycles. The molecule has 0 saturated carbocycles. The zero-order valence-corrected chi connectivity index (χ0v) is 9.70. The molecule has 0 saturated heterocycles. The summed E-state index contributed by atoms with van der Waals surface area (Å²) in [5.74, 6) is 0. The quantitative estimate of drug-likeness (QED) is 0.639. The number of nitrogens with one attached hydrogen (secondary N) is 1. The topological polar surface area (TPSA) is 38.0 Å². The van der Waals surface area contributed by atoms with Gasteiger partial charge in [-0.3, -0.25) is 5.32 Å². The fourth-order valence-electron chi connectivity index (χ4n) is 0.962. The Morgan fingerprint density at radius 2 is 2.00 bits per heavy atom. The molecule has 0 aromatic heterocycles. The molecule has 0 aliphatic rings. The first-order chi connectivity index (χ1) is 6.63. The van der Waals surface area contributed by atoms with Gasteiger partial charge in [0.25, 0.3) is 0 Å². The van der Waals surface area contributed by atoms with Crippen LogP contribution < -0.4 is 11.1 Å². The second-order valence-corrected chi connectivity index (χ2v) is 4.17. The summed E-state index contributed by atoms with van der Waals surface area (Å²) < 4.78 is 0. The lowest BCUT2D eigenvalue weighted by molar-refractivity contribution is 0.646. The highest BCUT2D eigenvalue weighted by Crippen LogP contribution is 2.22. The van der Waals surface area contributed by atoms with Gasteiger partial charge in [-0.15, -0.1) is 11.6 Å². The van der Waals surface area contributed by atoms with E-state index in [1.165, 1.54) is 0 Å². The number of halogens is 3. The molecule has 1 aromatic carbocycles. The van der Waals surface area contributed by atoms with Crippen molar-refractivity contribution in [2.45, 2.75) is 12.0 Å². The van der Waals surface area contributed by atoms with Crippen LogP contribution in [0.4, 0.5) is 0 Å². The van der Waals surface area contributed by atoms with Crippen molar-refractivity contribution in [1.82, 2.24) is 5.32 Å². The Balaban J connectivity index is 2.55. The van der Waals surface area contributed by atoms with Crippen molar-refractivity contribution in [2.75, 3.05) is 6.54 Å². The molecule has 1 rings (SSSR count). The number of hydrogen-bond acceptors (Lipinski definition) is 2. The third-order valence-corrected chi connectivity index (χ3v) is 2.79. The smallest absolute Gasteiger partial charge is 0.0952 e. The highest BCUT2D eigenvalue weighted by atomic mass is 35.5. The van der Waals surface area contributed by atoms with Crippen LogP contribution in [0.3, 0.4) is 0 Å².